The zero-order valence-corrected chi connectivity index (χ0v) is 10.4. The summed E-state index contributed by atoms with van der Waals surface area (Å²) < 4.78 is 0. The lowest BCUT2D eigenvalue weighted by atomic mass is 9.86. The summed E-state index contributed by atoms with van der Waals surface area (Å²) in [4.78, 5) is 4.73. The van der Waals surface area contributed by atoms with Crippen LogP contribution in [-0.4, -0.2) is 21.2 Å². The highest BCUT2D eigenvalue weighted by Crippen LogP contribution is 2.34. The number of nitrogens with zero attached hydrogens (tertiary/aromatic N) is 2. The fourth-order valence-corrected chi connectivity index (χ4v) is 3.31. The topological polar surface area (TPSA) is 67.6 Å². The molecule has 17 heavy (non-hydrogen) atoms. The maximum Gasteiger partial charge on any atom is 0.153 e. The molecule has 2 aliphatic rings. The highest BCUT2D eigenvalue weighted by molar-refractivity contribution is 5.05. The Morgan fingerprint density at radius 1 is 1.00 bits per heavy atom. The first-order valence-corrected chi connectivity index (χ1v) is 7.00. The molecule has 2 fully saturated rings. The van der Waals surface area contributed by atoms with E-state index in [0.717, 1.165) is 24.5 Å². The summed E-state index contributed by atoms with van der Waals surface area (Å²) in [5.41, 5.74) is 6.03. The van der Waals surface area contributed by atoms with E-state index in [9.17, 15) is 0 Å². The Morgan fingerprint density at radius 2 is 1.76 bits per heavy atom. The van der Waals surface area contributed by atoms with E-state index in [1.807, 2.05) is 0 Å². The van der Waals surface area contributed by atoms with Crippen LogP contribution in [0.3, 0.4) is 0 Å². The first kappa shape index (κ1) is 11.2. The van der Waals surface area contributed by atoms with Crippen LogP contribution in [0.15, 0.2) is 0 Å². The van der Waals surface area contributed by atoms with Crippen LogP contribution in [-0.2, 0) is 0 Å². The number of H-pyrrole nitrogens is 1. The molecule has 0 aliphatic heterocycles. The Kier molecular flexibility index (Phi) is 3.14. The lowest BCUT2D eigenvalue weighted by molar-refractivity contribution is 0.382. The first-order valence-electron chi connectivity index (χ1n) is 7.00. The Hall–Kier alpha value is -0.900. The molecule has 0 bridgehead atoms. The minimum Gasteiger partial charge on any atom is -0.328 e. The number of hydrogen-bond acceptors (Lipinski definition) is 3. The van der Waals surface area contributed by atoms with Gasteiger partial charge in [0.05, 0.1) is 0 Å². The van der Waals surface area contributed by atoms with Crippen molar-refractivity contribution in [2.24, 2.45) is 5.73 Å². The monoisotopic (exact) mass is 234 g/mol. The minimum absolute atomic E-state index is 0.349. The van der Waals surface area contributed by atoms with Crippen LogP contribution in [0, 0.1) is 0 Å². The Bertz CT molecular complexity index is 367. The maximum absolute atomic E-state index is 6.03. The molecule has 2 saturated carbocycles. The van der Waals surface area contributed by atoms with Gasteiger partial charge in [-0.25, -0.2) is 4.98 Å². The van der Waals surface area contributed by atoms with Crippen molar-refractivity contribution in [2.75, 3.05) is 0 Å². The van der Waals surface area contributed by atoms with Crippen molar-refractivity contribution in [1.29, 1.82) is 0 Å². The molecular formula is C13H22N4. The molecule has 0 aromatic carbocycles. The van der Waals surface area contributed by atoms with Crippen LogP contribution in [0.25, 0.3) is 0 Å². The largest absolute Gasteiger partial charge is 0.328 e. The van der Waals surface area contributed by atoms with E-state index in [2.05, 4.69) is 10.2 Å². The van der Waals surface area contributed by atoms with Crippen LogP contribution < -0.4 is 5.73 Å². The van der Waals surface area contributed by atoms with Gasteiger partial charge in [0.2, 0.25) is 0 Å². The normalized spacial score (nSPS) is 30.9. The molecule has 3 rings (SSSR count). The zero-order valence-electron chi connectivity index (χ0n) is 10.4. The fraction of sp³-hybridized carbons (Fsp3) is 0.846. The predicted molar refractivity (Wildman–Crippen MR) is 66.8 cm³/mol. The van der Waals surface area contributed by atoms with Gasteiger partial charge < -0.3 is 5.73 Å². The lowest BCUT2D eigenvalue weighted by Crippen LogP contribution is -2.27. The van der Waals surface area contributed by atoms with Crippen molar-refractivity contribution >= 4 is 0 Å². The van der Waals surface area contributed by atoms with Gasteiger partial charge >= 0.3 is 0 Å². The SMILES string of the molecule is NC1CCCC(c2n[nH]c(C3CCCC3)n2)C1. The Balaban J connectivity index is 1.70. The second kappa shape index (κ2) is 4.77. The first-order chi connectivity index (χ1) is 8.33. The zero-order chi connectivity index (χ0) is 11.7. The molecule has 3 N–H and O–H groups in total. The van der Waals surface area contributed by atoms with Crippen molar-refractivity contribution in [2.45, 2.75) is 69.2 Å². The third kappa shape index (κ3) is 2.37. The molecule has 0 spiro atoms. The van der Waals surface area contributed by atoms with Gasteiger partial charge in [0, 0.05) is 17.9 Å². The van der Waals surface area contributed by atoms with Crippen LogP contribution in [0.4, 0.5) is 0 Å². The molecular weight excluding hydrogens is 212 g/mol. The molecule has 0 radical (unpaired) electrons. The summed E-state index contributed by atoms with van der Waals surface area (Å²) in [5, 5.41) is 7.59. The third-order valence-electron chi connectivity index (χ3n) is 4.34. The average Bonchev–Trinajstić information content (AvgIpc) is 3.00. The van der Waals surface area contributed by atoms with Gasteiger partial charge in [0.1, 0.15) is 5.82 Å². The summed E-state index contributed by atoms with van der Waals surface area (Å²) in [6, 6.07) is 0.349. The van der Waals surface area contributed by atoms with Gasteiger partial charge in [-0.05, 0) is 32.1 Å². The maximum atomic E-state index is 6.03. The molecule has 1 heterocycles. The van der Waals surface area contributed by atoms with Crippen LogP contribution in [0.5, 0.6) is 0 Å². The van der Waals surface area contributed by atoms with Crippen molar-refractivity contribution < 1.29 is 0 Å². The quantitative estimate of drug-likeness (QED) is 0.826. The number of aromatic nitrogens is 3. The predicted octanol–water partition coefficient (Wildman–Crippen LogP) is 2.45. The summed E-state index contributed by atoms with van der Waals surface area (Å²) >= 11 is 0. The van der Waals surface area contributed by atoms with E-state index in [1.165, 1.54) is 38.5 Å². The van der Waals surface area contributed by atoms with Crippen LogP contribution in [0.2, 0.25) is 0 Å². The molecule has 1 aromatic heterocycles. The van der Waals surface area contributed by atoms with Gasteiger partial charge in [-0.1, -0.05) is 19.3 Å². The fourth-order valence-electron chi connectivity index (χ4n) is 3.31. The van der Waals surface area contributed by atoms with E-state index in [1.54, 1.807) is 0 Å². The molecule has 0 saturated heterocycles. The Morgan fingerprint density at radius 3 is 2.53 bits per heavy atom. The molecule has 2 aliphatic carbocycles. The highest BCUT2D eigenvalue weighted by Gasteiger charge is 2.26. The smallest absolute Gasteiger partial charge is 0.153 e. The van der Waals surface area contributed by atoms with Crippen molar-refractivity contribution in [3.8, 4) is 0 Å². The number of nitrogens with one attached hydrogen (secondary N) is 1. The molecule has 0 amide bonds. The van der Waals surface area contributed by atoms with Crippen molar-refractivity contribution in [3.05, 3.63) is 11.6 Å². The van der Waals surface area contributed by atoms with E-state index >= 15 is 0 Å². The van der Waals surface area contributed by atoms with E-state index in [-0.39, 0.29) is 0 Å². The number of rotatable bonds is 2. The van der Waals surface area contributed by atoms with Gasteiger partial charge in [0.15, 0.2) is 5.82 Å². The summed E-state index contributed by atoms with van der Waals surface area (Å²) in [7, 11) is 0. The van der Waals surface area contributed by atoms with Gasteiger partial charge in [0.25, 0.3) is 0 Å². The molecule has 4 nitrogen and oxygen atoms in total. The molecule has 4 heteroatoms. The summed E-state index contributed by atoms with van der Waals surface area (Å²) in [5.74, 6) is 3.26. The Labute approximate surface area is 102 Å². The van der Waals surface area contributed by atoms with E-state index < -0.39 is 0 Å². The van der Waals surface area contributed by atoms with E-state index in [4.69, 9.17) is 10.7 Å². The van der Waals surface area contributed by atoms with Crippen LogP contribution >= 0.6 is 0 Å². The summed E-state index contributed by atoms with van der Waals surface area (Å²) in [6.07, 6.45) is 9.88. The second-order valence-corrected chi connectivity index (χ2v) is 5.68. The standard InChI is InChI=1S/C13H22N4/c14-11-7-3-6-10(8-11)13-15-12(16-17-13)9-4-1-2-5-9/h9-11H,1-8,14H2,(H,15,16,17). The van der Waals surface area contributed by atoms with Crippen LogP contribution in [0.1, 0.15) is 74.9 Å². The minimum atomic E-state index is 0.349. The average molecular weight is 234 g/mol. The van der Waals surface area contributed by atoms with Gasteiger partial charge in [-0.2, -0.15) is 5.10 Å². The van der Waals surface area contributed by atoms with Gasteiger partial charge in [-0.3, -0.25) is 5.10 Å². The number of hydrogen-bond donors (Lipinski definition) is 2. The molecule has 2 unspecified atom stereocenters. The molecule has 94 valence electrons. The number of nitrogens with two attached hydrogens (primary N) is 1. The summed E-state index contributed by atoms with van der Waals surface area (Å²) in [6.45, 7) is 0. The third-order valence-corrected chi connectivity index (χ3v) is 4.34. The molecule has 2 atom stereocenters. The van der Waals surface area contributed by atoms with E-state index in [0.29, 0.717) is 17.9 Å². The van der Waals surface area contributed by atoms with Crippen molar-refractivity contribution in [1.82, 2.24) is 15.2 Å². The highest BCUT2D eigenvalue weighted by atomic mass is 15.2. The lowest BCUT2D eigenvalue weighted by Gasteiger charge is -2.24. The number of aromatic amines is 1. The van der Waals surface area contributed by atoms with Gasteiger partial charge in [-0.15, -0.1) is 0 Å². The molecule has 1 aromatic rings. The second-order valence-electron chi connectivity index (χ2n) is 5.68. The van der Waals surface area contributed by atoms with Crippen molar-refractivity contribution in [3.63, 3.8) is 0 Å².